The summed E-state index contributed by atoms with van der Waals surface area (Å²) in [7, 11) is 0. The first-order valence-electron chi connectivity index (χ1n) is 5.31. The van der Waals surface area contributed by atoms with Gasteiger partial charge >= 0.3 is 0 Å². The average molecular weight is 224 g/mol. The molecular formula is C13H12N4. The van der Waals surface area contributed by atoms with E-state index in [9.17, 15) is 0 Å². The number of hydrogen-bond acceptors (Lipinski definition) is 4. The molecule has 0 N–H and O–H groups in total. The Hall–Kier alpha value is -2.51. The minimum atomic E-state index is 0.422. The average Bonchev–Trinajstić information content (AvgIpc) is 2.39. The Morgan fingerprint density at radius 3 is 1.82 bits per heavy atom. The van der Waals surface area contributed by atoms with Gasteiger partial charge in [-0.05, 0) is 24.3 Å². The molecule has 17 heavy (non-hydrogen) atoms. The van der Waals surface area contributed by atoms with Gasteiger partial charge < -0.3 is 4.90 Å². The molecule has 0 radical (unpaired) electrons. The third kappa shape index (κ3) is 3.86. The van der Waals surface area contributed by atoms with Gasteiger partial charge in [0.2, 0.25) is 0 Å². The van der Waals surface area contributed by atoms with Gasteiger partial charge in [0.05, 0.1) is 36.6 Å². The summed E-state index contributed by atoms with van der Waals surface area (Å²) in [6, 6.07) is 13.4. The summed E-state index contributed by atoms with van der Waals surface area (Å²) < 4.78 is 0. The fourth-order valence-corrected chi connectivity index (χ4v) is 1.49. The molecular weight excluding hydrogens is 212 g/mol. The lowest BCUT2D eigenvalue weighted by molar-refractivity contribution is 0.796. The highest BCUT2D eigenvalue weighted by molar-refractivity contribution is 5.49. The zero-order valence-corrected chi connectivity index (χ0v) is 9.43. The van der Waals surface area contributed by atoms with E-state index < -0.39 is 0 Å². The minimum Gasteiger partial charge on any atom is -0.369 e. The van der Waals surface area contributed by atoms with Gasteiger partial charge in [-0.3, -0.25) is 0 Å². The molecule has 0 aromatic heterocycles. The molecule has 0 aliphatic rings. The summed E-state index contributed by atoms with van der Waals surface area (Å²) in [4.78, 5) is 1.98. The van der Waals surface area contributed by atoms with Crippen LogP contribution in [-0.4, -0.2) is 13.1 Å². The molecule has 1 aromatic rings. The SMILES string of the molecule is N#CCCN(CCC#N)c1ccc(C#N)cc1. The minimum absolute atomic E-state index is 0.422. The molecule has 0 amide bonds. The molecule has 84 valence electrons. The van der Waals surface area contributed by atoms with Gasteiger partial charge in [-0.25, -0.2) is 0 Å². The van der Waals surface area contributed by atoms with Gasteiger partial charge in [0.1, 0.15) is 0 Å². The zero-order valence-electron chi connectivity index (χ0n) is 9.43. The van der Waals surface area contributed by atoms with E-state index in [1.165, 1.54) is 0 Å². The molecule has 0 spiro atoms. The molecule has 0 fully saturated rings. The highest BCUT2D eigenvalue weighted by atomic mass is 15.1. The maximum Gasteiger partial charge on any atom is 0.0991 e. The largest absolute Gasteiger partial charge is 0.369 e. The Kier molecular flexibility index (Phi) is 5.08. The molecule has 4 nitrogen and oxygen atoms in total. The smallest absolute Gasteiger partial charge is 0.0991 e. The van der Waals surface area contributed by atoms with Gasteiger partial charge in [0.15, 0.2) is 0 Å². The number of hydrogen-bond donors (Lipinski definition) is 0. The Bertz CT molecular complexity index is 452. The summed E-state index contributed by atoms with van der Waals surface area (Å²) in [5.41, 5.74) is 1.55. The van der Waals surface area contributed by atoms with Crippen molar-refractivity contribution in [3.05, 3.63) is 29.8 Å². The van der Waals surface area contributed by atoms with Crippen LogP contribution in [-0.2, 0) is 0 Å². The van der Waals surface area contributed by atoms with E-state index in [0.717, 1.165) is 5.69 Å². The van der Waals surface area contributed by atoms with E-state index in [2.05, 4.69) is 18.2 Å². The molecule has 0 aliphatic carbocycles. The molecule has 0 unspecified atom stereocenters. The van der Waals surface area contributed by atoms with E-state index in [4.69, 9.17) is 15.8 Å². The van der Waals surface area contributed by atoms with Crippen molar-refractivity contribution in [2.24, 2.45) is 0 Å². The van der Waals surface area contributed by atoms with Crippen LogP contribution < -0.4 is 4.90 Å². The third-order valence-corrected chi connectivity index (χ3v) is 2.35. The third-order valence-electron chi connectivity index (χ3n) is 2.35. The Balaban J connectivity index is 2.77. The second-order valence-corrected chi connectivity index (χ2v) is 3.46. The fraction of sp³-hybridized carbons (Fsp3) is 0.308. The van der Waals surface area contributed by atoms with Crippen LogP contribution >= 0.6 is 0 Å². The Labute approximate surface area is 101 Å². The monoisotopic (exact) mass is 224 g/mol. The standard InChI is InChI=1S/C13H12N4/c14-7-1-9-17(10-2-8-15)13-5-3-12(11-16)4-6-13/h3-6H,1-2,9-10H2. The summed E-state index contributed by atoms with van der Waals surface area (Å²) in [5.74, 6) is 0. The van der Waals surface area contributed by atoms with Gasteiger partial charge in [-0.15, -0.1) is 0 Å². The second kappa shape index (κ2) is 6.88. The quantitative estimate of drug-likeness (QED) is 0.768. The van der Waals surface area contributed by atoms with E-state index in [-0.39, 0.29) is 0 Å². The first-order valence-corrected chi connectivity index (χ1v) is 5.31. The van der Waals surface area contributed by atoms with Crippen LogP contribution in [0.3, 0.4) is 0 Å². The highest BCUT2D eigenvalue weighted by Gasteiger charge is 2.05. The molecule has 0 aliphatic heterocycles. The molecule has 0 saturated carbocycles. The van der Waals surface area contributed by atoms with Crippen molar-refractivity contribution in [1.29, 1.82) is 15.8 Å². The lowest BCUT2D eigenvalue weighted by Crippen LogP contribution is -2.25. The summed E-state index contributed by atoms with van der Waals surface area (Å²) in [6.45, 7) is 1.20. The van der Waals surface area contributed by atoms with E-state index in [0.29, 0.717) is 31.5 Å². The van der Waals surface area contributed by atoms with Crippen molar-refractivity contribution in [2.45, 2.75) is 12.8 Å². The summed E-state index contributed by atoms with van der Waals surface area (Å²) >= 11 is 0. The molecule has 0 bridgehead atoms. The topological polar surface area (TPSA) is 74.6 Å². The first-order chi connectivity index (χ1) is 8.31. The maximum atomic E-state index is 8.70. The molecule has 4 heteroatoms. The summed E-state index contributed by atoms with van der Waals surface area (Å²) in [6.07, 6.45) is 0.844. The predicted molar refractivity (Wildman–Crippen MR) is 63.8 cm³/mol. The fourth-order valence-electron chi connectivity index (χ4n) is 1.49. The van der Waals surface area contributed by atoms with Crippen LogP contribution in [0.5, 0.6) is 0 Å². The first kappa shape index (κ1) is 12.6. The zero-order chi connectivity index (χ0) is 12.5. The van der Waals surface area contributed by atoms with Crippen LogP contribution in [0.4, 0.5) is 5.69 Å². The van der Waals surface area contributed by atoms with Crippen molar-refractivity contribution in [3.8, 4) is 18.2 Å². The van der Waals surface area contributed by atoms with Gasteiger partial charge in [-0.2, -0.15) is 15.8 Å². The normalized spacial score (nSPS) is 8.76. The van der Waals surface area contributed by atoms with Crippen molar-refractivity contribution in [1.82, 2.24) is 0 Å². The number of anilines is 1. The number of nitriles is 3. The van der Waals surface area contributed by atoms with Crippen molar-refractivity contribution < 1.29 is 0 Å². The van der Waals surface area contributed by atoms with E-state index in [1.807, 2.05) is 17.0 Å². The van der Waals surface area contributed by atoms with Crippen LogP contribution in [0, 0.1) is 34.0 Å². The molecule has 0 saturated heterocycles. The second-order valence-electron chi connectivity index (χ2n) is 3.46. The van der Waals surface area contributed by atoms with Crippen LogP contribution in [0.25, 0.3) is 0 Å². The van der Waals surface area contributed by atoms with Gasteiger partial charge in [0.25, 0.3) is 0 Å². The van der Waals surface area contributed by atoms with Crippen molar-refractivity contribution >= 4 is 5.69 Å². The van der Waals surface area contributed by atoms with Crippen molar-refractivity contribution in [3.63, 3.8) is 0 Å². The maximum absolute atomic E-state index is 8.70. The van der Waals surface area contributed by atoms with Crippen LogP contribution in [0.2, 0.25) is 0 Å². The lowest BCUT2D eigenvalue weighted by Gasteiger charge is -2.22. The molecule has 1 aromatic carbocycles. The van der Waals surface area contributed by atoms with Crippen LogP contribution in [0.15, 0.2) is 24.3 Å². The summed E-state index contributed by atoms with van der Waals surface area (Å²) in [5, 5.41) is 25.9. The lowest BCUT2D eigenvalue weighted by atomic mass is 10.2. The van der Waals surface area contributed by atoms with E-state index >= 15 is 0 Å². The number of nitrogens with zero attached hydrogens (tertiary/aromatic N) is 4. The Morgan fingerprint density at radius 1 is 0.882 bits per heavy atom. The van der Waals surface area contributed by atoms with Gasteiger partial charge in [0, 0.05) is 18.8 Å². The van der Waals surface area contributed by atoms with Crippen LogP contribution in [0.1, 0.15) is 18.4 Å². The molecule has 0 heterocycles. The molecule has 1 rings (SSSR count). The number of benzene rings is 1. The predicted octanol–water partition coefficient (Wildman–Crippen LogP) is 2.19. The van der Waals surface area contributed by atoms with Gasteiger partial charge in [-0.1, -0.05) is 0 Å². The highest BCUT2D eigenvalue weighted by Crippen LogP contribution is 2.15. The number of rotatable bonds is 5. The van der Waals surface area contributed by atoms with Crippen molar-refractivity contribution in [2.75, 3.05) is 18.0 Å². The Morgan fingerprint density at radius 2 is 1.41 bits per heavy atom. The molecule has 0 atom stereocenters. The van der Waals surface area contributed by atoms with E-state index in [1.54, 1.807) is 12.1 Å².